The zero-order chi connectivity index (χ0) is 15.4. The van der Waals surface area contributed by atoms with E-state index in [9.17, 15) is 13.9 Å². The molecular weight excluding hydrogens is 274 g/mol. The number of hydrogen-bond acceptors (Lipinski definition) is 2. The highest BCUT2D eigenvalue weighted by atomic mass is 19.2. The van der Waals surface area contributed by atoms with Crippen LogP contribution in [0.25, 0.3) is 0 Å². The first-order valence-electron chi connectivity index (χ1n) is 7.16. The number of aliphatic hydroxyl groups is 1. The van der Waals surface area contributed by atoms with Gasteiger partial charge in [0.25, 0.3) is 0 Å². The Labute approximate surface area is 123 Å². The van der Waals surface area contributed by atoms with Crippen LogP contribution in [0, 0.1) is 11.6 Å². The standard InChI is InChI=1S/C16H20F2N2O/c1-3-11(2)20-8-7-13(19-20)10-14(21)9-12-5-4-6-15(17)16(12)18/h4-8,11,14,21H,3,9-10H2,1-2H3. The van der Waals surface area contributed by atoms with E-state index in [0.717, 1.165) is 18.2 Å². The van der Waals surface area contributed by atoms with Crippen molar-refractivity contribution in [1.29, 1.82) is 0 Å². The number of aliphatic hydroxyl groups excluding tert-OH is 1. The van der Waals surface area contributed by atoms with Crippen LogP contribution in [0.1, 0.15) is 37.6 Å². The van der Waals surface area contributed by atoms with Crippen LogP contribution < -0.4 is 0 Å². The molecule has 0 fully saturated rings. The van der Waals surface area contributed by atoms with Crippen molar-refractivity contribution >= 4 is 0 Å². The summed E-state index contributed by atoms with van der Waals surface area (Å²) in [7, 11) is 0. The molecule has 21 heavy (non-hydrogen) atoms. The van der Waals surface area contributed by atoms with Crippen molar-refractivity contribution in [2.24, 2.45) is 0 Å². The first-order valence-corrected chi connectivity index (χ1v) is 7.16. The van der Waals surface area contributed by atoms with Gasteiger partial charge in [0.2, 0.25) is 0 Å². The van der Waals surface area contributed by atoms with Gasteiger partial charge in [-0.25, -0.2) is 8.78 Å². The van der Waals surface area contributed by atoms with Crippen LogP contribution in [-0.4, -0.2) is 21.0 Å². The molecule has 2 unspecified atom stereocenters. The summed E-state index contributed by atoms with van der Waals surface area (Å²) < 4.78 is 28.5. The molecule has 0 radical (unpaired) electrons. The third kappa shape index (κ3) is 3.88. The number of benzene rings is 1. The average Bonchev–Trinajstić information content (AvgIpc) is 2.91. The van der Waals surface area contributed by atoms with Crippen LogP contribution in [-0.2, 0) is 12.8 Å². The van der Waals surface area contributed by atoms with Crippen molar-refractivity contribution in [3.63, 3.8) is 0 Å². The van der Waals surface area contributed by atoms with Gasteiger partial charge >= 0.3 is 0 Å². The smallest absolute Gasteiger partial charge is 0.162 e. The minimum Gasteiger partial charge on any atom is -0.392 e. The Balaban J connectivity index is 2.00. The summed E-state index contributed by atoms with van der Waals surface area (Å²) in [6.07, 6.45) is 2.44. The maximum Gasteiger partial charge on any atom is 0.162 e. The van der Waals surface area contributed by atoms with Gasteiger partial charge in [-0.2, -0.15) is 5.10 Å². The van der Waals surface area contributed by atoms with Gasteiger partial charge in [0.05, 0.1) is 11.8 Å². The molecule has 0 aliphatic carbocycles. The molecule has 1 N–H and O–H groups in total. The molecule has 0 aliphatic heterocycles. The summed E-state index contributed by atoms with van der Waals surface area (Å²) in [4.78, 5) is 0. The first-order chi connectivity index (χ1) is 10.0. The van der Waals surface area contributed by atoms with E-state index in [2.05, 4.69) is 18.9 Å². The largest absolute Gasteiger partial charge is 0.392 e. The van der Waals surface area contributed by atoms with Crippen molar-refractivity contribution in [3.05, 3.63) is 53.4 Å². The Bertz CT molecular complexity index is 598. The molecule has 1 aromatic heterocycles. The van der Waals surface area contributed by atoms with Crippen molar-refractivity contribution in [2.45, 2.75) is 45.3 Å². The fourth-order valence-corrected chi connectivity index (χ4v) is 2.19. The molecule has 1 aromatic carbocycles. The monoisotopic (exact) mass is 294 g/mol. The summed E-state index contributed by atoms with van der Waals surface area (Å²) in [6, 6.07) is 6.14. The summed E-state index contributed by atoms with van der Waals surface area (Å²) in [5, 5.41) is 14.4. The van der Waals surface area contributed by atoms with Gasteiger partial charge < -0.3 is 5.11 Å². The van der Waals surface area contributed by atoms with Crippen LogP contribution in [0.15, 0.2) is 30.5 Å². The molecule has 0 spiro atoms. The maximum absolute atomic E-state index is 13.6. The van der Waals surface area contributed by atoms with Crippen molar-refractivity contribution in [3.8, 4) is 0 Å². The first kappa shape index (κ1) is 15.6. The molecule has 2 atom stereocenters. The summed E-state index contributed by atoms with van der Waals surface area (Å²) in [6.45, 7) is 4.14. The zero-order valence-corrected chi connectivity index (χ0v) is 12.3. The number of halogens is 2. The van der Waals surface area contributed by atoms with Gasteiger partial charge in [0, 0.05) is 25.1 Å². The number of nitrogens with zero attached hydrogens (tertiary/aromatic N) is 2. The lowest BCUT2D eigenvalue weighted by atomic mass is 10.0. The van der Waals surface area contributed by atoms with Gasteiger partial charge in [-0.05, 0) is 31.0 Å². The minimum atomic E-state index is -0.888. The molecule has 3 nitrogen and oxygen atoms in total. The lowest BCUT2D eigenvalue weighted by Crippen LogP contribution is -2.16. The van der Waals surface area contributed by atoms with Gasteiger partial charge in [-0.1, -0.05) is 19.1 Å². The summed E-state index contributed by atoms with van der Waals surface area (Å²) in [5.74, 6) is -1.78. The second-order valence-electron chi connectivity index (χ2n) is 5.32. The number of aromatic nitrogens is 2. The minimum absolute atomic E-state index is 0.0692. The molecule has 2 rings (SSSR count). The lowest BCUT2D eigenvalue weighted by molar-refractivity contribution is 0.172. The molecule has 0 amide bonds. The van der Waals surface area contributed by atoms with Gasteiger partial charge in [-0.3, -0.25) is 4.68 Å². The zero-order valence-electron chi connectivity index (χ0n) is 12.3. The molecular formula is C16H20F2N2O. The van der Waals surface area contributed by atoms with E-state index in [1.807, 2.05) is 16.9 Å². The summed E-state index contributed by atoms with van der Waals surface area (Å²) >= 11 is 0. The highest BCUT2D eigenvalue weighted by Gasteiger charge is 2.14. The van der Waals surface area contributed by atoms with E-state index in [4.69, 9.17) is 0 Å². The average molecular weight is 294 g/mol. The normalized spacial score (nSPS) is 14.1. The Morgan fingerprint density at radius 1 is 1.24 bits per heavy atom. The molecule has 114 valence electrons. The molecule has 0 saturated carbocycles. The maximum atomic E-state index is 13.6. The molecule has 2 aromatic rings. The molecule has 5 heteroatoms. The SMILES string of the molecule is CCC(C)n1ccc(CC(O)Cc2cccc(F)c2F)n1. The summed E-state index contributed by atoms with van der Waals surface area (Å²) in [5.41, 5.74) is 0.934. The fraction of sp³-hybridized carbons (Fsp3) is 0.438. The van der Waals surface area contributed by atoms with E-state index in [1.165, 1.54) is 12.1 Å². The molecule has 0 saturated heterocycles. The van der Waals surface area contributed by atoms with Crippen LogP contribution in [0.3, 0.4) is 0 Å². The van der Waals surface area contributed by atoms with Gasteiger partial charge in [0.15, 0.2) is 11.6 Å². The van der Waals surface area contributed by atoms with E-state index >= 15 is 0 Å². The van der Waals surface area contributed by atoms with Crippen LogP contribution in [0.5, 0.6) is 0 Å². The highest BCUT2D eigenvalue weighted by Crippen LogP contribution is 2.15. The van der Waals surface area contributed by atoms with Crippen LogP contribution in [0.2, 0.25) is 0 Å². The number of rotatable bonds is 6. The van der Waals surface area contributed by atoms with E-state index in [0.29, 0.717) is 12.5 Å². The van der Waals surface area contributed by atoms with Crippen LogP contribution >= 0.6 is 0 Å². The second-order valence-corrected chi connectivity index (χ2v) is 5.32. The Morgan fingerprint density at radius 3 is 2.71 bits per heavy atom. The van der Waals surface area contributed by atoms with Gasteiger partial charge in [0.1, 0.15) is 0 Å². The molecule has 0 bridgehead atoms. The third-order valence-corrected chi connectivity index (χ3v) is 3.64. The van der Waals surface area contributed by atoms with Crippen LogP contribution in [0.4, 0.5) is 8.78 Å². The molecule has 1 heterocycles. The Kier molecular flexibility index (Phi) is 5.07. The third-order valence-electron chi connectivity index (χ3n) is 3.64. The quantitative estimate of drug-likeness (QED) is 0.888. The predicted octanol–water partition coefficient (Wildman–Crippen LogP) is 3.28. The second kappa shape index (κ2) is 6.80. The van der Waals surface area contributed by atoms with E-state index < -0.39 is 17.7 Å². The van der Waals surface area contributed by atoms with Crippen molar-refractivity contribution < 1.29 is 13.9 Å². The number of hydrogen-bond donors (Lipinski definition) is 1. The Hall–Kier alpha value is -1.75. The lowest BCUT2D eigenvalue weighted by Gasteiger charge is -2.11. The van der Waals surface area contributed by atoms with Crippen molar-refractivity contribution in [2.75, 3.05) is 0 Å². The van der Waals surface area contributed by atoms with Crippen molar-refractivity contribution in [1.82, 2.24) is 9.78 Å². The molecule has 0 aliphatic rings. The highest BCUT2D eigenvalue weighted by molar-refractivity contribution is 5.20. The topological polar surface area (TPSA) is 38.0 Å². The Morgan fingerprint density at radius 2 is 2.00 bits per heavy atom. The van der Waals surface area contributed by atoms with E-state index in [1.54, 1.807) is 0 Å². The van der Waals surface area contributed by atoms with E-state index in [-0.39, 0.29) is 12.0 Å². The fourth-order valence-electron chi connectivity index (χ4n) is 2.19. The van der Waals surface area contributed by atoms with Gasteiger partial charge in [-0.15, -0.1) is 0 Å². The predicted molar refractivity (Wildman–Crippen MR) is 77.0 cm³/mol.